The number of methoxy groups -OCH3 is 1. The zero-order chi connectivity index (χ0) is 58.9. The number of carbonyl (C=O) groups excluding carboxylic acids is 1. The highest BCUT2D eigenvalue weighted by Crippen LogP contribution is 2.41. The Morgan fingerprint density at radius 1 is 0.412 bits per heavy atom. The predicted octanol–water partition coefficient (Wildman–Crippen LogP) is -4.45. The van der Waals surface area contributed by atoms with Crippen LogP contribution in [0.1, 0.15) is 112 Å². The van der Waals surface area contributed by atoms with Crippen molar-refractivity contribution in [3.8, 4) is 0 Å². The molecular weight excluding hydrogens is 1070 g/mol. The van der Waals surface area contributed by atoms with Gasteiger partial charge in [0.2, 0.25) is 0 Å². The summed E-state index contributed by atoms with van der Waals surface area (Å²) in [5.74, 6) is -1.66. The molecule has 1 unspecified atom stereocenters. The van der Waals surface area contributed by atoms with Crippen LogP contribution in [0.4, 0.5) is 0 Å². The zero-order valence-electron chi connectivity index (χ0n) is 46.3. The first kappa shape index (κ1) is 67.6. The van der Waals surface area contributed by atoms with Gasteiger partial charge in [-0.25, -0.2) is 0 Å². The number of hydrogen-bond acceptors (Lipinski definition) is 28. The molecule has 0 aromatic heterocycles. The van der Waals surface area contributed by atoms with E-state index >= 15 is 0 Å². The quantitative estimate of drug-likeness (QED) is 0.0287. The van der Waals surface area contributed by atoms with Gasteiger partial charge in [-0.1, -0.05) is 51.9 Å². The average Bonchev–Trinajstić information content (AvgIpc) is 3.43. The topological polar surface area (TPSA) is 431 Å². The minimum atomic E-state index is -2.00. The van der Waals surface area contributed by atoms with Gasteiger partial charge < -0.3 is 133 Å². The SMILES string of the molecule is CCCC(CCCCCCCCCC(=O)OC)O[C@@H]1O[C@H](C)[C@@H](O)[C@H](O)[C@H]1O[C@@H]1O[C@H](CO)[C@@H](O)[C@H](O)[C@H]1O[C@@H]1O[C@@H](C)[C@H](O[C@@H]2O[C@H](C)[C@H](O)[C@H](O)[C@H]2O)[C@@H](C[C@@H]2O[C@H](CO)[C@@H](O)[C@H](O)[C@H]2O[C@@H]2O[C@H](C)[C@@H](O)[C@H](O)[C@H]2O)[C@H]1O. The number of esters is 1. The molecule has 0 radical (unpaired) electrons. The van der Waals surface area contributed by atoms with E-state index in [9.17, 15) is 81.4 Å². The fourth-order valence-corrected chi connectivity index (χ4v) is 11.4. The molecule has 6 rings (SSSR count). The Balaban J connectivity index is 1.26. The molecular formula is C52H92O28. The van der Waals surface area contributed by atoms with E-state index in [1.54, 1.807) is 0 Å². The molecule has 0 aliphatic carbocycles. The third-order valence-electron chi connectivity index (χ3n) is 16.4. The fraction of sp³-hybridized carbons (Fsp3) is 0.981. The Morgan fingerprint density at radius 2 is 0.838 bits per heavy atom. The van der Waals surface area contributed by atoms with Crippen LogP contribution in [-0.2, 0) is 61.6 Å². The number of unbranched alkanes of at least 4 members (excludes halogenated alkanes) is 6. The predicted molar refractivity (Wildman–Crippen MR) is 268 cm³/mol. The van der Waals surface area contributed by atoms with Crippen LogP contribution in [0.15, 0.2) is 0 Å². The minimum absolute atomic E-state index is 0.233. The summed E-state index contributed by atoms with van der Waals surface area (Å²) >= 11 is 0. The van der Waals surface area contributed by atoms with Crippen molar-refractivity contribution in [1.82, 2.24) is 0 Å². The molecule has 0 aromatic carbocycles. The first-order valence-corrected chi connectivity index (χ1v) is 28.3. The van der Waals surface area contributed by atoms with Gasteiger partial charge in [-0.2, -0.15) is 0 Å². The highest BCUT2D eigenvalue weighted by Gasteiger charge is 2.58. The summed E-state index contributed by atoms with van der Waals surface area (Å²) in [6, 6.07) is 0. The highest BCUT2D eigenvalue weighted by atomic mass is 16.8. The second kappa shape index (κ2) is 31.2. The Morgan fingerprint density at radius 3 is 1.39 bits per heavy atom. The number of aliphatic hydroxyl groups is 15. The van der Waals surface area contributed by atoms with Crippen LogP contribution in [0.2, 0.25) is 0 Å². The Labute approximate surface area is 465 Å². The molecule has 28 nitrogen and oxygen atoms in total. The molecule has 0 saturated carbocycles. The smallest absolute Gasteiger partial charge is 0.305 e. The zero-order valence-corrected chi connectivity index (χ0v) is 46.3. The molecule has 6 saturated heterocycles. The first-order chi connectivity index (χ1) is 38.0. The van der Waals surface area contributed by atoms with Crippen LogP contribution < -0.4 is 0 Å². The van der Waals surface area contributed by atoms with E-state index in [0.717, 1.165) is 44.9 Å². The van der Waals surface area contributed by atoms with Crippen LogP contribution in [0.3, 0.4) is 0 Å². The number of carbonyl (C=O) groups is 1. The summed E-state index contributed by atoms with van der Waals surface area (Å²) in [5.41, 5.74) is 0. The van der Waals surface area contributed by atoms with E-state index in [-0.39, 0.29) is 5.97 Å². The molecule has 0 amide bonds. The van der Waals surface area contributed by atoms with Gasteiger partial charge in [0.1, 0.15) is 110 Å². The largest absolute Gasteiger partial charge is 0.469 e. The lowest BCUT2D eigenvalue weighted by Gasteiger charge is -2.51. The fourth-order valence-electron chi connectivity index (χ4n) is 11.4. The normalized spacial score (nSPS) is 47.0. The minimum Gasteiger partial charge on any atom is -0.469 e. The Kier molecular flexibility index (Phi) is 26.3. The lowest BCUT2D eigenvalue weighted by Crippen LogP contribution is -2.67. The lowest BCUT2D eigenvalue weighted by atomic mass is 9.81. The first-order valence-electron chi connectivity index (χ1n) is 28.3. The third kappa shape index (κ3) is 16.3. The van der Waals surface area contributed by atoms with E-state index in [1.165, 1.54) is 34.8 Å². The Bertz CT molecular complexity index is 1810. The van der Waals surface area contributed by atoms with Gasteiger partial charge in [-0.05, 0) is 53.4 Å². The van der Waals surface area contributed by atoms with Crippen LogP contribution >= 0.6 is 0 Å². The molecule has 28 heteroatoms. The molecule has 6 aliphatic rings. The van der Waals surface area contributed by atoms with Crippen molar-refractivity contribution >= 4 is 5.97 Å². The van der Waals surface area contributed by atoms with Gasteiger partial charge >= 0.3 is 5.97 Å². The molecule has 0 aromatic rings. The number of rotatable bonds is 26. The highest BCUT2D eigenvalue weighted by molar-refractivity contribution is 5.68. The molecule has 468 valence electrons. The van der Waals surface area contributed by atoms with Crippen molar-refractivity contribution in [1.29, 1.82) is 0 Å². The second-order valence-electron chi connectivity index (χ2n) is 22.3. The van der Waals surface area contributed by atoms with E-state index in [1.807, 2.05) is 6.92 Å². The average molecular weight is 1170 g/mol. The van der Waals surface area contributed by atoms with Crippen LogP contribution in [0.25, 0.3) is 0 Å². The third-order valence-corrected chi connectivity index (χ3v) is 16.4. The molecule has 15 N–H and O–H groups in total. The molecule has 6 fully saturated rings. The van der Waals surface area contributed by atoms with Gasteiger partial charge in [0, 0.05) is 12.3 Å². The van der Waals surface area contributed by atoms with Crippen molar-refractivity contribution in [2.45, 2.75) is 296 Å². The molecule has 0 bridgehead atoms. The number of ether oxygens (including phenoxy) is 12. The van der Waals surface area contributed by atoms with Crippen LogP contribution in [-0.4, -0.2) is 287 Å². The summed E-state index contributed by atoms with van der Waals surface area (Å²) in [4.78, 5) is 11.4. The van der Waals surface area contributed by atoms with E-state index in [4.69, 9.17) is 56.8 Å². The van der Waals surface area contributed by atoms with E-state index in [2.05, 4.69) is 0 Å². The van der Waals surface area contributed by atoms with Crippen molar-refractivity contribution in [2.24, 2.45) is 5.92 Å². The maximum Gasteiger partial charge on any atom is 0.305 e. The Hall–Kier alpha value is -1.57. The van der Waals surface area contributed by atoms with Crippen LogP contribution in [0, 0.1) is 5.92 Å². The van der Waals surface area contributed by atoms with E-state index in [0.29, 0.717) is 25.7 Å². The van der Waals surface area contributed by atoms with Crippen molar-refractivity contribution in [3.63, 3.8) is 0 Å². The van der Waals surface area contributed by atoms with Crippen molar-refractivity contribution in [3.05, 3.63) is 0 Å². The standard InChI is InChI=1S/C52H92O28/c1-7-15-25(16-13-11-9-8-10-12-14-17-30(55)69-6)74-51-46(39(64)33(58)23(4)72-51)80-52-47(41(66)36(61)29(20-54)76-52)79-48-34(59)26(44(24(5)73-48)77-49-42(67)37(62)31(56)21(2)70-49)18-27-45(40(65)35(60)28(19-53)75-27)78-50-43(68)38(63)32(57)22(3)71-50/h21-29,31-54,56-68H,7-20H2,1-6H3/t21-,22-,23-,24+,25?,26+,27+,28-,29-,31+,32-,33-,34-,35-,36-,37+,38+,39+,40+,41+,42-,43-,44+,45+,46-,47-,48+,49+,50+,51+,52+/m1/s1. The molecule has 80 heavy (non-hydrogen) atoms. The van der Waals surface area contributed by atoms with Crippen LogP contribution in [0.5, 0.6) is 0 Å². The van der Waals surface area contributed by atoms with Crippen molar-refractivity contribution < 1.29 is 138 Å². The molecule has 6 aliphatic heterocycles. The molecule has 0 spiro atoms. The van der Waals surface area contributed by atoms with Gasteiger partial charge in [0.15, 0.2) is 31.5 Å². The number of hydrogen-bond donors (Lipinski definition) is 15. The molecule has 31 atom stereocenters. The maximum absolute atomic E-state index is 12.5. The summed E-state index contributed by atoms with van der Waals surface area (Å²) in [6.45, 7) is 6.00. The second-order valence-corrected chi connectivity index (χ2v) is 22.3. The van der Waals surface area contributed by atoms with E-state index < -0.39 is 210 Å². The van der Waals surface area contributed by atoms with Crippen molar-refractivity contribution in [2.75, 3.05) is 20.3 Å². The lowest BCUT2D eigenvalue weighted by molar-refractivity contribution is -0.398. The molecule has 6 heterocycles. The van der Waals surface area contributed by atoms with Gasteiger partial charge in [-0.15, -0.1) is 0 Å². The maximum atomic E-state index is 12.5. The van der Waals surface area contributed by atoms with Gasteiger partial charge in [0.25, 0.3) is 0 Å². The summed E-state index contributed by atoms with van der Waals surface area (Å²) < 4.78 is 72.0. The summed E-state index contributed by atoms with van der Waals surface area (Å²) in [5, 5.41) is 166. The number of aliphatic hydroxyl groups excluding tert-OH is 15. The summed E-state index contributed by atoms with van der Waals surface area (Å²) in [7, 11) is 1.37. The van der Waals surface area contributed by atoms with Gasteiger partial charge in [-0.3, -0.25) is 4.79 Å². The monoisotopic (exact) mass is 1160 g/mol. The summed E-state index contributed by atoms with van der Waals surface area (Å²) in [6.07, 6.45) is -40.0. The van der Waals surface area contributed by atoms with Gasteiger partial charge in [0.05, 0.1) is 63.1 Å².